The second-order valence-corrected chi connectivity index (χ2v) is 7.46. The summed E-state index contributed by atoms with van der Waals surface area (Å²) in [6.45, 7) is 0. The lowest BCUT2D eigenvalue weighted by Crippen LogP contribution is -2.11. The molecule has 0 amide bonds. The number of halogens is 3. The van der Waals surface area contributed by atoms with Gasteiger partial charge in [-0.25, -0.2) is 14.5 Å². The van der Waals surface area contributed by atoms with Crippen molar-refractivity contribution in [1.82, 2.24) is 29.4 Å². The van der Waals surface area contributed by atoms with E-state index in [4.69, 9.17) is 0 Å². The fourth-order valence-electron chi connectivity index (χ4n) is 3.50. The molecule has 0 radical (unpaired) electrons. The normalized spacial score (nSPS) is 15.1. The van der Waals surface area contributed by atoms with Crippen molar-refractivity contribution < 1.29 is 13.2 Å². The first kappa shape index (κ1) is 15.7. The number of aryl methyl sites for hydroxylation is 3. The molecule has 0 bridgehead atoms. The molecular formula is C16H13F3N6S. The van der Waals surface area contributed by atoms with Gasteiger partial charge < -0.3 is 0 Å². The van der Waals surface area contributed by atoms with E-state index in [1.54, 1.807) is 17.7 Å². The van der Waals surface area contributed by atoms with Crippen molar-refractivity contribution in [3.63, 3.8) is 0 Å². The maximum atomic E-state index is 13.0. The molecule has 1 aliphatic carbocycles. The summed E-state index contributed by atoms with van der Waals surface area (Å²) in [7, 11) is 1.26. The number of alkyl halides is 3. The van der Waals surface area contributed by atoms with E-state index in [0.717, 1.165) is 40.2 Å². The average molecular weight is 378 g/mol. The van der Waals surface area contributed by atoms with Gasteiger partial charge in [-0.05, 0) is 37.3 Å². The van der Waals surface area contributed by atoms with Crippen LogP contribution >= 0.6 is 11.3 Å². The first-order valence-electron chi connectivity index (χ1n) is 8.19. The third-order valence-corrected chi connectivity index (χ3v) is 5.89. The standard InChI is InChI=1S/C16H13F3N6S/c1-24-11(16(17,18)19)6-9(22-24)13-21-14-12-8-4-2-3-5-10(8)26-15(12)20-7-25(14)23-13/h6-7H,2-5H2,1H3. The molecule has 4 heterocycles. The second-order valence-electron chi connectivity index (χ2n) is 6.38. The maximum absolute atomic E-state index is 13.0. The van der Waals surface area contributed by atoms with Gasteiger partial charge in [0.1, 0.15) is 22.5 Å². The molecule has 5 rings (SSSR count). The minimum Gasteiger partial charge on any atom is -0.263 e. The molecule has 134 valence electrons. The Kier molecular flexibility index (Phi) is 3.18. The molecule has 1 aliphatic rings. The lowest BCUT2D eigenvalue weighted by molar-refractivity contribution is -0.143. The van der Waals surface area contributed by atoms with Crippen molar-refractivity contribution in [2.75, 3.05) is 0 Å². The molecule has 0 saturated carbocycles. The molecule has 26 heavy (non-hydrogen) atoms. The van der Waals surface area contributed by atoms with Crippen molar-refractivity contribution in [3.05, 3.63) is 28.5 Å². The molecule has 0 aromatic carbocycles. The predicted molar refractivity (Wildman–Crippen MR) is 90.0 cm³/mol. The number of hydrogen-bond donors (Lipinski definition) is 0. The topological polar surface area (TPSA) is 60.9 Å². The zero-order valence-corrected chi connectivity index (χ0v) is 14.5. The molecule has 0 N–H and O–H groups in total. The number of aromatic nitrogens is 6. The molecule has 4 aromatic heterocycles. The number of rotatable bonds is 1. The third kappa shape index (κ3) is 2.24. The zero-order valence-electron chi connectivity index (χ0n) is 13.7. The summed E-state index contributed by atoms with van der Waals surface area (Å²) < 4.78 is 41.4. The monoisotopic (exact) mass is 378 g/mol. The minimum absolute atomic E-state index is 0.0979. The largest absolute Gasteiger partial charge is 0.433 e. The first-order valence-corrected chi connectivity index (χ1v) is 9.01. The third-order valence-electron chi connectivity index (χ3n) is 4.69. The first-order chi connectivity index (χ1) is 12.4. The Bertz CT molecular complexity index is 1150. The fourth-order valence-corrected chi connectivity index (χ4v) is 4.73. The Morgan fingerprint density at radius 3 is 2.73 bits per heavy atom. The van der Waals surface area contributed by atoms with Crippen LogP contribution in [0.2, 0.25) is 0 Å². The highest BCUT2D eigenvalue weighted by Gasteiger charge is 2.35. The Morgan fingerprint density at radius 2 is 1.96 bits per heavy atom. The van der Waals surface area contributed by atoms with E-state index >= 15 is 0 Å². The van der Waals surface area contributed by atoms with Gasteiger partial charge in [-0.1, -0.05) is 0 Å². The van der Waals surface area contributed by atoms with E-state index < -0.39 is 11.9 Å². The van der Waals surface area contributed by atoms with E-state index in [2.05, 4.69) is 20.2 Å². The van der Waals surface area contributed by atoms with Crippen LogP contribution < -0.4 is 0 Å². The van der Waals surface area contributed by atoms with Gasteiger partial charge in [0.15, 0.2) is 5.65 Å². The van der Waals surface area contributed by atoms with Crippen LogP contribution in [0.15, 0.2) is 12.4 Å². The fraction of sp³-hybridized carbons (Fsp3) is 0.375. The van der Waals surface area contributed by atoms with Gasteiger partial charge in [-0.3, -0.25) is 4.68 Å². The quantitative estimate of drug-likeness (QED) is 0.507. The van der Waals surface area contributed by atoms with E-state index in [0.29, 0.717) is 5.65 Å². The lowest BCUT2D eigenvalue weighted by atomic mass is 9.97. The van der Waals surface area contributed by atoms with E-state index in [1.807, 2.05) is 0 Å². The van der Waals surface area contributed by atoms with Gasteiger partial charge in [-0.15, -0.1) is 16.4 Å². The summed E-state index contributed by atoms with van der Waals surface area (Å²) in [5.41, 5.74) is 1.15. The smallest absolute Gasteiger partial charge is 0.263 e. The van der Waals surface area contributed by atoms with Crippen LogP contribution in [0.3, 0.4) is 0 Å². The molecule has 0 spiro atoms. The Labute approximate surface area is 149 Å². The van der Waals surface area contributed by atoms with Gasteiger partial charge in [0.05, 0.1) is 5.39 Å². The highest BCUT2D eigenvalue weighted by molar-refractivity contribution is 7.19. The molecule has 0 fully saturated rings. The predicted octanol–water partition coefficient (Wildman–Crippen LogP) is 3.64. The maximum Gasteiger partial charge on any atom is 0.433 e. The van der Waals surface area contributed by atoms with Gasteiger partial charge in [0.2, 0.25) is 5.82 Å². The Balaban J connectivity index is 1.71. The van der Waals surface area contributed by atoms with E-state index in [1.165, 1.54) is 28.4 Å². The van der Waals surface area contributed by atoms with Crippen LogP contribution in [0, 0.1) is 0 Å². The summed E-state index contributed by atoms with van der Waals surface area (Å²) in [6.07, 6.45) is 1.39. The van der Waals surface area contributed by atoms with Crippen molar-refractivity contribution >= 4 is 27.2 Å². The summed E-state index contributed by atoms with van der Waals surface area (Å²) in [4.78, 5) is 11.2. The number of thiophene rings is 1. The summed E-state index contributed by atoms with van der Waals surface area (Å²) in [6, 6.07) is 0.975. The molecular weight excluding hydrogens is 365 g/mol. The van der Waals surface area contributed by atoms with Crippen LogP contribution in [0.4, 0.5) is 13.2 Å². The zero-order chi connectivity index (χ0) is 18.1. The molecule has 0 atom stereocenters. The molecule has 0 aliphatic heterocycles. The molecule has 10 heteroatoms. The van der Waals surface area contributed by atoms with Crippen LogP contribution in [0.1, 0.15) is 29.0 Å². The summed E-state index contributed by atoms with van der Waals surface area (Å²) >= 11 is 1.67. The molecule has 6 nitrogen and oxygen atoms in total. The number of nitrogens with zero attached hydrogens (tertiary/aromatic N) is 6. The van der Waals surface area contributed by atoms with Crippen LogP contribution in [0.5, 0.6) is 0 Å². The van der Waals surface area contributed by atoms with Gasteiger partial charge in [0.25, 0.3) is 0 Å². The average Bonchev–Trinajstić information content (AvgIpc) is 3.26. The van der Waals surface area contributed by atoms with E-state index in [-0.39, 0.29) is 11.5 Å². The van der Waals surface area contributed by atoms with Crippen molar-refractivity contribution in [2.45, 2.75) is 31.9 Å². The summed E-state index contributed by atoms with van der Waals surface area (Å²) in [5, 5.41) is 9.21. The minimum atomic E-state index is -4.47. The Hall–Kier alpha value is -2.49. The SMILES string of the molecule is Cn1nc(-c2nc3c4c5c(sc4ncn3n2)CCCC5)cc1C(F)(F)F. The number of hydrogen-bond acceptors (Lipinski definition) is 5. The van der Waals surface area contributed by atoms with Crippen LogP contribution in [0.25, 0.3) is 27.4 Å². The second kappa shape index (κ2) is 5.26. The van der Waals surface area contributed by atoms with Crippen LogP contribution in [-0.4, -0.2) is 29.4 Å². The molecule has 4 aromatic rings. The van der Waals surface area contributed by atoms with Crippen LogP contribution in [-0.2, 0) is 26.1 Å². The molecule has 0 saturated heterocycles. The van der Waals surface area contributed by atoms with E-state index in [9.17, 15) is 13.2 Å². The van der Waals surface area contributed by atoms with Gasteiger partial charge in [-0.2, -0.15) is 18.3 Å². The summed E-state index contributed by atoms with van der Waals surface area (Å²) in [5.74, 6) is 0.168. The highest BCUT2D eigenvalue weighted by atomic mass is 32.1. The lowest BCUT2D eigenvalue weighted by Gasteiger charge is -2.09. The number of fused-ring (bicyclic) bond motifs is 5. The highest BCUT2D eigenvalue weighted by Crippen LogP contribution is 2.37. The van der Waals surface area contributed by atoms with Gasteiger partial charge >= 0.3 is 6.18 Å². The Morgan fingerprint density at radius 1 is 1.15 bits per heavy atom. The van der Waals surface area contributed by atoms with Crippen molar-refractivity contribution in [2.24, 2.45) is 7.05 Å². The van der Waals surface area contributed by atoms with Crippen molar-refractivity contribution in [3.8, 4) is 11.5 Å². The van der Waals surface area contributed by atoms with Crippen molar-refractivity contribution in [1.29, 1.82) is 0 Å². The van der Waals surface area contributed by atoms with Gasteiger partial charge in [0, 0.05) is 11.9 Å². The molecule has 0 unspecified atom stereocenters.